The smallest absolute Gasteiger partial charge is 0.270 e. The van der Waals surface area contributed by atoms with Crippen LogP contribution in [0.3, 0.4) is 0 Å². The first-order valence-electron chi connectivity index (χ1n) is 6.69. The normalized spacial score (nSPS) is 12.3. The number of benzene rings is 1. The summed E-state index contributed by atoms with van der Waals surface area (Å²) in [6, 6.07) is 4.16. The molecule has 1 amide bonds. The highest BCUT2D eigenvalue weighted by Gasteiger charge is 2.18. The van der Waals surface area contributed by atoms with Crippen molar-refractivity contribution < 1.29 is 9.72 Å². The fourth-order valence-corrected chi connectivity index (χ4v) is 2.31. The van der Waals surface area contributed by atoms with Gasteiger partial charge in [-0.25, -0.2) is 0 Å². The van der Waals surface area contributed by atoms with Crippen LogP contribution in [0.2, 0.25) is 0 Å². The molecular formula is C14H20BrN3O3. The Morgan fingerprint density at radius 1 is 1.48 bits per heavy atom. The van der Waals surface area contributed by atoms with Gasteiger partial charge in [-0.3, -0.25) is 14.9 Å². The summed E-state index contributed by atoms with van der Waals surface area (Å²) in [7, 11) is 1.70. The van der Waals surface area contributed by atoms with Crippen molar-refractivity contribution in [2.75, 3.05) is 13.6 Å². The zero-order chi connectivity index (χ0) is 16.2. The predicted molar refractivity (Wildman–Crippen MR) is 85.2 cm³/mol. The van der Waals surface area contributed by atoms with Crippen molar-refractivity contribution in [3.8, 4) is 0 Å². The monoisotopic (exact) mass is 357 g/mol. The first kappa shape index (κ1) is 17.6. The molecule has 1 aromatic carbocycles. The molecular weight excluding hydrogens is 338 g/mol. The number of carbonyl (C=O) groups is 1. The van der Waals surface area contributed by atoms with Crippen LogP contribution < -0.4 is 5.73 Å². The maximum absolute atomic E-state index is 12.3. The maximum Gasteiger partial charge on any atom is 0.270 e. The summed E-state index contributed by atoms with van der Waals surface area (Å²) in [4.78, 5) is 24.1. The van der Waals surface area contributed by atoms with Gasteiger partial charge in [-0.2, -0.15) is 0 Å². The highest BCUT2D eigenvalue weighted by Crippen LogP contribution is 2.24. The second kappa shape index (κ2) is 7.51. The van der Waals surface area contributed by atoms with Crippen LogP contribution in [0, 0.1) is 16.0 Å². The van der Waals surface area contributed by atoms with Gasteiger partial charge in [-0.05, 0) is 34.3 Å². The fourth-order valence-electron chi connectivity index (χ4n) is 1.77. The van der Waals surface area contributed by atoms with Gasteiger partial charge in [0, 0.05) is 36.2 Å². The molecule has 0 bridgehead atoms. The van der Waals surface area contributed by atoms with E-state index in [0.717, 1.165) is 0 Å². The fraction of sp³-hybridized carbons (Fsp3) is 0.500. The lowest BCUT2D eigenvalue weighted by Gasteiger charge is -2.22. The molecule has 0 aliphatic carbocycles. The van der Waals surface area contributed by atoms with Gasteiger partial charge < -0.3 is 10.6 Å². The van der Waals surface area contributed by atoms with Gasteiger partial charge in [-0.1, -0.05) is 13.8 Å². The number of nitro benzene ring substituents is 1. The van der Waals surface area contributed by atoms with E-state index in [0.29, 0.717) is 28.9 Å². The van der Waals surface area contributed by atoms with Gasteiger partial charge in [0.25, 0.3) is 11.6 Å². The number of rotatable bonds is 6. The molecule has 0 aliphatic heterocycles. The lowest BCUT2D eigenvalue weighted by atomic mass is 10.0. The third-order valence-electron chi connectivity index (χ3n) is 3.39. The van der Waals surface area contributed by atoms with Crippen LogP contribution in [-0.2, 0) is 0 Å². The van der Waals surface area contributed by atoms with Gasteiger partial charge in [0.05, 0.1) is 10.5 Å². The van der Waals surface area contributed by atoms with E-state index in [1.54, 1.807) is 11.9 Å². The van der Waals surface area contributed by atoms with Crippen molar-refractivity contribution in [3.05, 3.63) is 38.3 Å². The van der Waals surface area contributed by atoms with Gasteiger partial charge in [0.2, 0.25) is 0 Å². The molecule has 2 N–H and O–H groups in total. The van der Waals surface area contributed by atoms with E-state index in [-0.39, 0.29) is 17.6 Å². The van der Waals surface area contributed by atoms with Crippen molar-refractivity contribution in [3.63, 3.8) is 0 Å². The highest BCUT2D eigenvalue weighted by atomic mass is 79.9. The summed E-state index contributed by atoms with van der Waals surface area (Å²) in [6.07, 6.45) is 0.713. The van der Waals surface area contributed by atoms with Crippen molar-refractivity contribution in [1.82, 2.24) is 4.90 Å². The number of nitrogens with two attached hydrogens (primary N) is 1. The Bertz CT molecular complexity index is 534. The molecule has 0 aromatic heterocycles. The van der Waals surface area contributed by atoms with E-state index in [4.69, 9.17) is 5.73 Å². The molecule has 21 heavy (non-hydrogen) atoms. The van der Waals surface area contributed by atoms with Gasteiger partial charge in [-0.15, -0.1) is 0 Å². The van der Waals surface area contributed by atoms with Gasteiger partial charge in [0.15, 0.2) is 0 Å². The summed E-state index contributed by atoms with van der Waals surface area (Å²) in [5.41, 5.74) is 6.32. The lowest BCUT2D eigenvalue weighted by Crippen LogP contribution is -2.34. The first-order valence-corrected chi connectivity index (χ1v) is 7.48. The standard InChI is InChI=1S/C14H20BrN3O3/c1-9(2)13(16)6-7-17(3)14(19)11-5-4-10(18(20)21)8-12(11)15/h4-5,8-9,13H,6-7,16H2,1-3H3. The summed E-state index contributed by atoms with van der Waals surface area (Å²) in [6.45, 7) is 4.63. The molecule has 1 atom stereocenters. The number of nitro groups is 1. The maximum atomic E-state index is 12.3. The molecule has 0 heterocycles. The van der Waals surface area contributed by atoms with Crippen LogP contribution in [0.25, 0.3) is 0 Å². The first-order chi connectivity index (χ1) is 9.73. The van der Waals surface area contributed by atoms with Crippen LogP contribution in [0.1, 0.15) is 30.6 Å². The van der Waals surface area contributed by atoms with E-state index >= 15 is 0 Å². The van der Waals surface area contributed by atoms with Crippen molar-refractivity contribution >= 4 is 27.5 Å². The predicted octanol–water partition coefficient (Wildman–Crippen LogP) is 2.80. The van der Waals surface area contributed by atoms with Gasteiger partial charge >= 0.3 is 0 Å². The Kier molecular flexibility index (Phi) is 6.29. The number of carbonyl (C=O) groups excluding carboxylic acids is 1. The topological polar surface area (TPSA) is 89.5 Å². The second-order valence-corrected chi connectivity index (χ2v) is 6.20. The lowest BCUT2D eigenvalue weighted by molar-refractivity contribution is -0.384. The van der Waals surface area contributed by atoms with Crippen LogP contribution in [0.4, 0.5) is 5.69 Å². The summed E-state index contributed by atoms with van der Waals surface area (Å²) >= 11 is 3.21. The molecule has 116 valence electrons. The van der Waals surface area contributed by atoms with Crippen LogP contribution in [0.5, 0.6) is 0 Å². The highest BCUT2D eigenvalue weighted by molar-refractivity contribution is 9.10. The number of halogens is 1. The largest absolute Gasteiger partial charge is 0.342 e. The van der Waals surface area contributed by atoms with Crippen LogP contribution >= 0.6 is 15.9 Å². The average Bonchev–Trinajstić information content (AvgIpc) is 2.43. The number of nitrogens with zero attached hydrogens (tertiary/aromatic N) is 2. The van der Waals surface area contributed by atoms with Crippen LogP contribution in [-0.4, -0.2) is 35.4 Å². The molecule has 0 radical (unpaired) electrons. The minimum atomic E-state index is -0.496. The Balaban J connectivity index is 2.76. The van der Waals surface area contributed by atoms with E-state index in [1.165, 1.54) is 18.2 Å². The van der Waals surface area contributed by atoms with Crippen LogP contribution in [0.15, 0.2) is 22.7 Å². The molecule has 7 heteroatoms. The van der Waals surface area contributed by atoms with E-state index in [9.17, 15) is 14.9 Å². The number of hydrogen-bond donors (Lipinski definition) is 1. The molecule has 6 nitrogen and oxygen atoms in total. The Hall–Kier alpha value is -1.47. The third kappa shape index (κ3) is 4.78. The SMILES string of the molecule is CC(C)C(N)CCN(C)C(=O)c1ccc([N+](=O)[O-])cc1Br. The molecule has 1 aromatic rings. The van der Waals surface area contributed by atoms with Crippen molar-refractivity contribution in [2.24, 2.45) is 11.7 Å². The summed E-state index contributed by atoms with van der Waals surface area (Å²) < 4.78 is 0.418. The molecule has 1 unspecified atom stereocenters. The van der Waals surface area contributed by atoms with Crippen molar-refractivity contribution in [2.45, 2.75) is 26.3 Å². The number of hydrogen-bond acceptors (Lipinski definition) is 4. The van der Waals surface area contributed by atoms with E-state index in [2.05, 4.69) is 15.9 Å². The summed E-state index contributed by atoms with van der Waals surface area (Å²) in [5, 5.41) is 10.7. The van der Waals surface area contributed by atoms with Gasteiger partial charge in [0.1, 0.15) is 0 Å². The van der Waals surface area contributed by atoms with Crippen molar-refractivity contribution in [1.29, 1.82) is 0 Å². The van der Waals surface area contributed by atoms with E-state index < -0.39 is 4.92 Å². The number of amides is 1. The Morgan fingerprint density at radius 2 is 2.10 bits per heavy atom. The Labute approximate surface area is 132 Å². The number of non-ortho nitro benzene ring substituents is 1. The Morgan fingerprint density at radius 3 is 2.57 bits per heavy atom. The molecule has 0 fully saturated rings. The molecule has 0 spiro atoms. The minimum Gasteiger partial charge on any atom is -0.342 e. The zero-order valence-electron chi connectivity index (χ0n) is 12.4. The molecule has 0 saturated carbocycles. The minimum absolute atomic E-state index is 0.0422. The summed E-state index contributed by atoms with van der Waals surface area (Å²) in [5.74, 6) is 0.173. The average molecular weight is 358 g/mol. The molecule has 0 saturated heterocycles. The quantitative estimate of drug-likeness (QED) is 0.625. The zero-order valence-corrected chi connectivity index (χ0v) is 14.0. The second-order valence-electron chi connectivity index (χ2n) is 5.34. The molecule has 0 aliphatic rings. The molecule has 1 rings (SSSR count). The third-order valence-corrected chi connectivity index (χ3v) is 4.05. The van der Waals surface area contributed by atoms with E-state index in [1.807, 2.05) is 13.8 Å².